The van der Waals surface area contributed by atoms with Gasteiger partial charge in [-0.05, 0) is 12.8 Å². The van der Waals surface area contributed by atoms with Gasteiger partial charge in [0.2, 0.25) is 5.91 Å². The Labute approximate surface area is 63.0 Å². The van der Waals surface area contributed by atoms with Gasteiger partial charge < -0.3 is 5.32 Å². The van der Waals surface area contributed by atoms with Gasteiger partial charge in [0.25, 0.3) is 0 Å². The molecule has 60 valence electrons. The highest BCUT2D eigenvalue weighted by Gasteiger charge is 2.20. The molecule has 0 aromatic heterocycles. The first kappa shape index (κ1) is 9.47. The minimum absolute atomic E-state index is 0.243. The summed E-state index contributed by atoms with van der Waals surface area (Å²) in [5.74, 6) is 0.558. The van der Waals surface area contributed by atoms with E-state index in [-0.39, 0.29) is 5.91 Å². The molecule has 10 heavy (non-hydrogen) atoms. The van der Waals surface area contributed by atoms with Crippen LogP contribution >= 0.6 is 0 Å². The average Bonchev–Trinajstić information content (AvgIpc) is 2.39. The Bertz CT molecular complexity index is 101. The van der Waals surface area contributed by atoms with Crippen LogP contribution < -0.4 is 5.32 Å². The largest absolute Gasteiger partial charge is 0.356 e. The first-order chi connectivity index (χ1) is 4.84. The van der Waals surface area contributed by atoms with Crippen LogP contribution in [0.25, 0.3) is 0 Å². The fourth-order valence-corrected chi connectivity index (χ4v) is 1.03. The van der Waals surface area contributed by atoms with E-state index in [4.69, 9.17) is 0 Å². The Balaban J connectivity index is 0.000000371. The molecule has 0 radical (unpaired) electrons. The zero-order valence-electron chi connectivity index (χ0n) is 7.11. The van der Waals surface area contributed by atoms with Crippen molar-refractivity contribution in [2.24, 2.45) is 5.92 Å². The van der Waals surface area contributed by atoms with Crippen molar-refractivity contribution in [1.29, 1.82) is 0 Å². The predicted octanol–water partition coefficient (Wildman–Crippen LogP) is 1.56. The van der Waals surface area contributed by atoms with E-state index in [0.29, 0.717) is 5.92 Å². The Kier molecular flexibility index (Phi) is 4.99. The average molecular weight is 143 g/mol. The van der Waals surface area contributed by atoms with Gasteiger partial charge in [0.1, 0.15) is 0 Å². The van der Waals surface area contributed by atoms with Crippen LogP contribution in [0.4, 0.5) is 0 Å². The predicted molar refractivity (Wildman–Crippen MR) is 42.8 cm³/mol. The van der Waals surface area contributed by atoms with E-state index in [1.165, 1.54) is 0 Å². The number of carbonyl (C=O) groups is 1. The van der Waals surface area contributed by atoms with Crippen molar-refractivity contribution in [2.45, 2.75) is 33.6 Å². The molecule has 1 amide bonds. The summed E-state index contributed by atoms with van der Waals surface area (Å²) in [4.78, 5) is 10.7. The quantitative estimate of drug-likeness (QED) is 0.593. The molecule has 1 saturated heterocycles. The summed E-state index contributed by atoms with van der Waals surface area (Å²) in [5, 5.41) is 2.78. The minimum Gasteiger partial charge on any atom is -0.356 e. The summed E-state index contributed by atoms with van der Waals surface area (Å²) in [5.41, 5.74) is 0. The molecule has 1 rings (SSSR count). The lowest BCUT2D eigenvalue weighted by Crippen LogP contribution is -2.18. The second-order valence-electron chi connectivity index (χ2n) is 2.18. The maximum Gasteiger partial charge on any atom is 0.223 e. The third-order valence-electron chi connectivity index (χ3n) is 1.66. The van der Waals surface area contributed by atoms with Gasteiger partial charge in [0.05, 0.1) is 0 Å². The van der Waals surface area contributed by atoms with Crippen molar-refractivity contribution in [1.82, 2.24) is 5.32 Å². The number of amides is 1. The van der Waals surface area contributed by atoms with Crippen molar-refractivity contribution in [3.63, 3.8) is 0 Å². The van der Waals surface area contributed by atoms with E-state index in [9.17, 15) is 4.79 Å². The molecule has 0 unspecified atom stereocenters. The normalized spacial score (nSPS) is 23.1. The lowest BCUT2D eigenvalue weighted by molar-refractivity contribution is -0.122. The Morgan fingerprint density at radius 2 is 2.20 bits per heavy atom. The summed E-state index contributed by atoms with van der Waals surface area (Å²) in [6, 6.07) is 0. The standard InChI is InChI=1S/C6H11NO.C2H6/c1-2-5-3-4-7-6(5)8;1-2/h5H,2-4H2,1H3,(H,7,8);1-2H3/t5-;/m1./s1. The highest BCUT2D eigenvalue weighted by Crippen LogP contribution is 2.11. The van der Waals surface area contributed by atoms with Crippen molar-refractivity contribution < 1.29 is 4.79 Å². The van der Waals surface area contributed by atoms with Crippen LogP contribution in [-0.2, 0) is 4.79 Å². The smallest absolute Gasteiger partial charge is 0.223 e. The van der Waals surface area contributed by atoms with Crippen LogP contribution in [0.15, 0.2) is 0 Å². The molecule has 1 fully saturated rings. The SMILES string of the molecule is CC.CC[C@@H]1CCNC1=O. The van der Waals surface area contributed by atoms with Crippen LogP contribution in [0.5, 0.6) is 0 Å². The number of rotatable bonds is 1. The van der Waals surface area contributed by atoms with Gasteiger partial charge in [-0.2, -0.15) is 0 Å². The number of nitrogens with one attached hydrogen (secondary N) is 1. The van der Waals surface area contributed by atoms with Crippen LogP contribution in [0, 0.1) is 5.92 Å². The van der Waals surface area contributed by atoms with Crippen LogP contribution in [0.1, 0.15) is 33.6 Å². The maximum absolute atomic E-state index is 10.7. The first-order valence-electron chi connectivity index (χ1n) is 4.12. The van der Waals surface area contributed by atoms with Crippen molar-refractivity contribution in [2.75, 3.05) is 6.54 Å². The second kappa shape index (κ2) is 5.27. The molecule has 0 bridgehead atoms. The van der Waals surface area contributed by atoms with E-state index >= 15 is 0 Å². The summed E-state index contributed by atoms with van der Waals surface area (Å²) >= 11 is 0. The van der Waals surface area contributed by atoms with Crippen LogP contribution in [-0.4, -0.2) is 12.5 Å². The van der Waals surface area contributed by atoms with Gasteiger partial charge >= 0.3 is 0 Å². The molecule has 1 N–H and O–H groups in total. The van der Waals surface area contributed by atoms with E-state index in [1.54, 1.807) is 0 Å². The van der Waals surface area contributed by atoms with E-state index in [0.717, 1.165) is 19.4 Å². The zero-order chi connectivity index (χ0) is 7.98. The van der Waals surface area contributed by atoms with Gasteiger partial charge in [-0.1, -0.05) is 20.8 Å². The van der Waals surface area contributed by atoms with Gasteiger partial charge in [-0.25, -0.2) is 0 Å². The highest BCUT2D eigenvalue weighted by molar-refractivity contribution is 5.80. The van der Waals surface area contributed by atoms with Crippen LogP contribution in [0.3, 0.4) is 0 Å². The fourth-order valence-electron chi connectivity index (χ4n) is 1.03. The first-order valence-corrected chi connectivity index (χ1v) is 4.12. The molecule has 0 aromatic rings. The Morgan fingerprint density at radius 1 is 1.60 bits per heavy atom. The van der Waals surface area contributed by atoms with Gasteiger partial charge in [0, 0.05) is 12.5 Å². The fraction of sp³-hybridized carbons (Fsp3) is 0.875. The molecule has 1 aliphatic rings. The van der Waals surface area contributed by atoms with Gasteiger partial charge in [-0.3, -0.25) is 4.79 Å². The topological polar surface area (TPSA) is 29.1 Å². The maximum atomic E-state index is 10.7. The summed E-state index contributed by atoms with van der Waals surface area (Å²) in [6.45, 7) is 6.94. The molecule has 0 spiro atoms. The van der Waals surface area contributed by atoms with E-state index in [2.05, 4.69) is 12.2 Å². The third-order valence-corrected chi connectivity index (χ3v) is 1.66. The summed E-state index contributed by atoms with van der Waals surface area (Å²) in [6.07, 6.45) is 2.03. The molecular formula is C8H17NO. The minimum atomic E-state index is 0.243. The summed E-state index contributed by atoms with van der Waals surface area (Å²) < 4.78 is 0. The molecule has 1 heterocycles. The molecule has 2 heteroatoms. The lowest BCUT2D eigenvalue weighted by atomic mass is 10.1. The molecule has 1 aliphatic heterocycles. The summed E-state index contributed by atoms with van der Waals surface area (Å²) in [7, 11) is 0. The number of carbonyl (C=O) groups excluding carboxylic acids is 1. The zero-order valence-corrected chi connectivity index (χ0v) is 7.11. The third kappa shape index (κ3) is 2.38. The monoisotopic (exact) mass is 143 g/mol. The van der Waals surface area contributed by atoms with Crippen molar-refractivity contribution in [3.8, 4) is 0 Å². The van der Waals surface area contributed by atoms with Crippen molar-refractivity contribution >= 4 is 5.91 Å². The Hall–Kier alpha value is -0.530. The number of hydrogen-bond donors (Lipinski definition) is 1. The molecule has 1 atom stereocenters. The molecule has 0 aliphatic carbocycles. The van der Waals surface area contributed by atoms with E-state index in [1.807, 2.05) is 13.8 Å². The van der Waals surface area contributed by atoms with Gasteiger partial charge in [-0.15, -0.1) is 0 Å². The molecular weight excluding hydrogens is 126 g/mol. The lowest BCUT2D eigenvalue weighted by Gasteiger charge is -1.97. The van der Waals surface area contributed by atoms with Gasteiger partial charge in [0.15, 0.2) is 0 Å². The van der Waals surface area contributed by atoms with E-state index < -0.39 is 0 Å². The number of hydrogen-bond acceptors (Lipinski definition) is 1. The molecule has 0 saturated carbocycles. The van der Waals surface area contributed by atoms with Crippen LogP contribution in [0.2, 0.25) is 0 Å². The second-order valence-corrected chi connectivity index (χ2v) is 2.18. The molecule has 2 nitrogen and oxygen atoms in total. The highest BCUT2D eigenvalue weighted by atomic mass is 16.2. The molecule has 0 aromatic carbocycles. The van der Waals surface area contributed by atoms with Crippen molar-refractivity contribution in [3.05, 3.63) is 0 Å². The Morgan fingerprint density at radius 3 is 2.40 bits per heavy atom.